The van der Waals surface area contributed by atoms with Gasteiger partial charge in [0.15, 0.2) is 5.13 Å². The number of rotatable bonds is 3. The Balaban J connectivity index is 1.50. The van der Waals surface area contributed by atoms with Crippen molar-refractivity contribution in [3.63, 3.8) is 0 Å². The van der Waals surface area contributed by atoms with E-state index in [2.05, 4.69) is 30.9 Å². The Morgan fingerprint density at radius 2 is 1.86 bits per heavy atom. The molecule has 2 aromatic carbocycles. The topological polar surface area (TPSA) is 79.6 Å². The maximum atomic E-state index is 12.9. The highest BCUT2D eigenvalue weighted by molar-refractivity contribution is 7.22. The highest BCUT2D eigenvalue weighted by Crippen LogP contribution is 2.32. The quantitative estimate of drug-likeness (QED) is 0.480. The lowest BCUT2D eigenvalue weighted by Crippen LogP contribution is -2.48. The predicted molar refractivity (Wildman–Crippen MR) is 115 cm³/mol. The number of nitro benzene ring substituents is 1. The number of hydrogen-bond donors (Lipinski definition) is 0. The highest BCUT2D eigenvalue weighted by Gasteiger charge is 2.27. The third-order valence-electron chi connectivity index (χ3n) is 5.38. The third kappa shape index (κ3) is 3.55. The summed E-state index contributed by atoms with van der Waals surface area (Å²) in [6.45, 7) is 8.33. The predicted octanol–water partition coefficient (Wildman–Crippen LogP) is 4.09. The van der Waals surface area contributed by atoms with E-state index in [0.717, 1.165) is 10.6 Å². The van der Waals surface area contributed by atoms with Crippen LogP contribution in [-0.4, -0.2) is 46.9 Å². The van der Waals surface area contributed by atoms with Gasteiger partial charge in [0.1, 0.15) is 0 Å². The Labute approximate surface area is 172 Å². The number of benzene rings is 2. The van der Waals surface area contributed by atoms with Crippen LogP contribution in [0, 0.1) is 30.9 Å². The minimum Gasteiger partial charge on any atom is -0.345 e. The number of amides is 1. The van der Waals surface area contributed by atoms with Crippen molar-refractivity contribution >= 4 is 38.3 Å². The van der Waals surface area contributed by atoms with Crippen LogP contribution in [0.15, 0.2) is 30.3 Å². The molecule has 0 unspecified atom stereocenters. The number of carbonyl (C=O) groups is 1. The van der Waals surface area contributed by atoms with Gasteiger partial charge in [-0.15, -0.1) is 0 Å². The van der Waals surface area contributed by atoms with Crippen molar-refractivity contribution in [3.8, 4) is 0 Å². The summed E-state index contributed by atoms with van der Waals surface area (Å²) >= 11 is 1.69. The average Bonchev–Trinajstić information content (AvgIpc) is 3.12. The number of fused-ring (bicyclic) bond motifs is 1. The smallest absolute Gasteiger partial charge is 0.273 e. The molecule has 0 saturated carbocycles. The average molecular weight is 410 g/mol. The largest absolute Gasteiger partial charge is 0.345 e. The number of nitro groups is 1. The molecule has 0 radical (unpaired) electrons. The van der Waals surface area contributed by atoms with Crippen molar-refractivity contribution in [1.29, 1.82) is 0 Å². The molecule has 4 rings (SSSR count). The van der Waals surface area contributed by atoms with E-state index in [4.69, 9.17) is 4.98 Å². The second-order valence-electron chi connectivity index (χ2n) is 7.41. The van der Waals surface area contributed by atoms with Crippen LogP contribution < -0.4 is 4.90 Å². The molecule has 0 aliphatic carbocycles. The van der Waals surface area contributed by atoms with E-state index in [1.165, 1.54) is 21.9 Å². The molecule has 2 heterocycles. The number of anilines is 1. The Morgan fingerprint density at radius 1 is 1.14 bits per heavy atom. The number of carbonyl (C=O) groups excluding carboxylic acids is 1. The van der Waals surface area contributed by atoms with E-state index in [0.29, 0.717) is 37.3 Å². The van der Waals surface area contributed by atoms with Crippen LogP contribution in [0.2, 0.25) is 0 Å². The summed E-state index contributed by atoms with van der Waals surface area (Å²) in [6, 6.07) is 8.94. The van der Waals surface area contributed by atoms with Crippen molar-refractivity contribution in [1.82, 2.24) is 9.88 Å². The first-order chi connectivity index (χ1) is 13.8. The Hall–Kier alpha value is -3.00. The molecular weight excluding hydrogens is 388 g/mol. The fourth-order valence-electron chi connectivity index (χ4n) is 3.82. The first-order valence-corrected chi connectivity index (χ1v) is 10.3. The van der Waals surface area contributed by atoms with Crippen LogP contribution in [0.4, 0.5) is 10.8 Å². The van der Waals surface area contributed by atoms with Gasteiger partial charge < -0.3 is 9.80 Å². The molecule has 1 aromatic heterocycles. The SMILES string of the molecule is Cc1cc(C)c2sc(N3CCN(C(=O)c4cccc([N+](=O)[O-])c4C)CC3)nc2c1. The van der Waals surface area contributed by atoms with Gasteiger partial charge in [0, 0.05) is 43.4 Å². The summed E-state index contributed by atoms with van der Waals surface area (Å²) < 4.78 is 1.20. The normalized spacial score (nSPS) is 14.4. The van der Waals surface area contributed by atoms with Crippen molar-refractivity contribution in [3.05, 3.63) is 62.7 Å². The Kier molecular flexibility index (Phi) is 4.96. The van der Waals surface area contributed by atoms with Crippen molar-refractivity contribution in [2.24, 2.45) is 0 Å². The molecule has 0 N–H and O–H groups in total. The summed E-state index contributed by atoms with van der Waals surface area (Å²) in [5, 5.41) is 12.1. The standard InChI is InChI=1S/C21H22N4O3S/c1-13-11-14(2)19-17(12-13)22-21(29-19)24-9-7-23(8-10-24)20(26)16-5-4-6-18(15(16)3)25(27)28/h4-6,11-12H,7-10H2,1-3H3. The summed E-state index contributed by atoms with van der Waals surface area (Å²) in [5.74, 6) is -0.151. The lowest BCUT2D eigenvalue weighted by atomic mass is 10.1. The fourth-order valence-corrected chi connectivity index (χ4v) is 4.89. The molecular formula is C21H22N4O3S. The van der Waals surface area contributed by atoms with Crippen LogP contribution >= 0.6 is 11.3 Å². The third-order valence-corrected chi connectivity index (χ3v) is 6.65. The molecule has 0 spiro atoms. The first-order valence-electron chi connectivity index (χ1n) is 9.51. The maximum absolute atomic E-state index is 12.9. The molecule has 150 valence electrons. The zero-order chi connectivity index (χ0) is 20.7. The van der Waals surface area contributed by atoms with Gasteiger partial charge in [-0.1, -0.05) is 23.5 Å². The number of aromatic nitrogens is 1. The molecule has 0 bridgehead atoms. The molecule has 0 atom stereocenters. The Bertz CT molecular complexity index is 1120. The summed E-state index contributed by atoms with van der Waals surface area (Å²) in [5.41, 5.74) is 4.26. The maximum Gasteiger partial charge on any atom is 0.273 e. The van der Waals surface area contributed by atoms with Gasteiger partial charge in [-0.05, 0) is 44.0 Å². The molecule has 1 aliphatic heterocycles. The van der Waals surface area contributed by atoms with E-state index in [1.807, 2.05) is 0 Å². The van der Waals surface area contributed by atoms with E-state index in [9.17, 15) is 14.9 Å². The second-order valence-corrected chi connectivity index (χ2v) is 8.39. The van der Waals surface area contributed by atoms with E-state index >= 15 is 0 Å². The molecule has 29 heavy (non-hydrogen) atoms. The minimum atomic E-state index is -0.444. The number of thiazole rings is 1. The Morgan fingerprint density at radius 3 is 2.55 bits per heavy atom. The molecule has 3 aromatic rings. The van der Waals surface area contributed by atoms with Crippen LogP contribution in [0.3, 0.4) is 0 Å². The van der Waals surface area contributed by atoms with Crippen molar-refractivity contribution < 1.29 is 9.72 Å². The second kappa shape index (κ2) is 7.44. The van der Waals surface area contributed by atoms with Crippen LogP contribution in [-0.2, 0) is 0 Å². The molecule has 1 fully saturated rings. The molecule has 1 amide bonds. The number of piperazine rings is 1. The molecule has 8 heteroatoms. The number of nitrogens with zero attached hydrogens (tertiary/aromatic N) is 4. The summed E-state index contributed by atoms with van der Waals surface area (Å²) in [7, 11) is 0. The van der Waals surface area contributed by atoms with Crippen molar-refractivity contribution in [2.75, 3.05) is 31.1 Å². The van der Waals surface area contributed by atoms with Crippen LogP contribution in [0.1, 0.15) is 27.0 Å². The van der Waals surface area contributed by atoms with Gasteiger partial charge in [0.05, 0.1) is 15.1 Å². The molecule has 1 aliphatic rings. The number of aryl methyl sites for hydroxylation is 2. The lowest BCUT2D eigenvalue weighted by Gasteiger charge is -2.34. The van der Waals surface area contributed by atoms with Gasteiger partial charge in [0.2, 0.25) is 0 Å². The highest BCUT2D eigenvalue weighted by atomic mass is 32.1. The monoisotopic (exact) mass is 410 g/mol. The van der Waals surface area contributed by atoms with Gasteiger partial charge >= 0.3 is 0 Å². The summed E-state index contributed by atoms with van der Waals surface area (Å²) in [6.07, 6.45) is 0. The van der Waals surface area contributed by atoms with Gasteiger partial charge in [0.25, 0.3) is 11.6 Å². The fraction of sp³-hybridized carbons (Fsp3) is 0.333. The van der Waals surface area contributed by atoms with Crippen LogP contribution in [0.25, 0.3) is 10.2 Å². The van der Waals surface area contributed by atoms with Gasteiger partial charge in [-0.25, -0.2) is 4.98 Å². The minimum absolute atomic E-state index is 0.0189. The first kappa shape index (κ1) is 19.3. The van der Waals surface area contributed by atoms with Gasteiger partial charge in [-0.2, -0.15) is 0 Å². The lowest BCUT2D eigenvalue weighted by molar-refractivity contribution is -0.385. The molecule has 7 nitrogen and oxygen atoms in total. The van der Waals surface area contributed by atoms with Gasteiger partial charge in [-0.3, -0.25) is 14.9 Å². The molecule has 1 saturated heterocycles. The van der Waals surface area contributed by atoms with Crippen molar-refractivity contribution in [2.45, 2.75) is 20.8 Å². The van der Waals surface area contributed by atoms with E-state index in [-0.39, 0.29) is 11.6 Å². The van der Waals surface area contributed by atoms with E-state index < -0.39 is 4.92 Å². The van der Waals surface area contributed by atoms with Crippen LogP contribution in [0.5, 0.6) is 0 Å². The zero-order valence-electron chi connectivity index (χ0n) is 16.6. The summed E-state index contributed by atoms with van der Waals surface area (Å²) in [4.78, 5) is 32.4. The zero-order valence-corrected chi connectivity index (χ0v) is 17.5. The van der Waals surface area contributed by atoms with E-state index in [1.54, 1.807) is 35.3 Å². The number of hydrogen-bond acceptors (Lipinski definition) is 6.